The van der Waals surface area contributed by atoms with Crippen LogP contribution in [0.5, 0.6) is 0 Å². The smallest absolute Gasteiger partial charge is 0.251 e. The van der Waals surface area contributed by atoms with E-state index in [1.807, 2.05) is 0 Å². The Morgan fingerprint density at radius 1 is 1.32 bits per heavy atom. The van der Waals surface area contributed by atoms with Gasteiger partial charge in [0.25, 0.3) is 5.91 Å². The first-order valence-corrected chi connectivity index (χ1v) is 6.08. The number of rotatable bonds is 3. The van der Waals surface area contributed by atoms with Gasteiger partial charge >= 0.3 is 0 Å². The highest BCUT2D eigenvalue weighted by Gasteiger charge is 2.16. The Labute approximate surface area is 118 Å². The van der Waals surface area contributed by atoms with Crippen LogP contribution in [0.3, 0.4) is 0 Å². The monoisotopic (exact) mass is 283 g/mol. The summed E-state index contributed by atoms with van der Waals surface area (Å²) in [5.74, 6) is -0.684. The lowest BCUT2D eigenvalue weighted by atomic mass is 10.1. The lowest BCUT2D eigenvalue weighted by molar-refractivity contribution is 0.0930. The van der Waals surface area contributed by atoms with Gasteiger partial charge in [-0.2, -0.15) is 0 Å². The summed E-state index contributed by atoms with van der Waals surface area (Å²) in [4.78, 5) is 23.0. The molecule has 0 aliphatic carbocycles. The summed E-state index contributed by atoms with van der Waals surface area (Å²) in [7, 11) is 0. The fourth-order valence-corrected chi connectivity index (χ4v) is 2.06. The van der Waals surface area contributed by atoms with Crippen molar-refractivity contribution in [2.75, 3.05) is 13.1 Å². The molecule has 1 atom stereocenters. The molecule has 6 heteroatoms. The van der Waals surface area contributed by atoms with E-state index in [1.165, 1.54) is 6.07 Å². The van der Waals surface area contributed by atoms with Gasteiger partial charge in [0, 0.05) is 23.7 Å². The van der Waals surface area contributed by atoms with Crippen LogP contribution in [0.4, 0.5) is 0 Å². The number of nitrogens with two attached hydrogens (primary N) is 1. The van der Waals surface area contributed by atoms with E-state index in [2.05, 4.69) is 10.6 Å². The molecule has 2 amide bonds. The summed E-state index contributed by atoms with van der Waals surface area (Å²) in [6, 6.07) is 6.62. The van der Waals surface area contributed by atoms with E-state index < -0.39 is 5.91 Å². The molecule has 4 N–H and O–H groups in total. The molecule has 104 valence electrons. The highest BCUT2D eigenvalue weighted by Crippen LogP contribution is 2.07. The van der Waals surface area contributed by atoms with Crippen LogP contribution in [0.25, 0.3) is 0 Å². The van der Waals surface area contributed by atoms with Crippen molar-refractivity contribution in [2.45, 2.75) is 18.9 Å². The number of hydrogen-bond donors (Lipinski definition) is 3. The van der Waals surface area contributed by atoms with Crippen LogP contribution in [0, 0.1) is 0 Å². The minimum Gasteiger partial charge on any atom is -0.366 e. The summed E-state index contributed by atoms with van der Waals surface area (Å²) in [6.45, 7) is 1.80. The zero-order chi connectivity index (χ0) is 13.0. The average molecular weight is 284 g/mol. The molecule has 0 radical (unpaired) electrons. The van der Waals surface area contributed by atoms with Crippen LogP contribution >= 0.6 is 12.4 Å². The lowest BCUT2D eigenvalue weighted by Crippen LogP contribution is -2.45. The van der Waals surface area contributed by atoms with Gasteiger partial charge in [0.15, 0.2) is 0 Å². The predicted octanol–water partition coefficient (Wildman–Crippen LogP) is 0.689. The molecule has 1 aromatic rings. The van der Waals surface area contributed by atoms with Gasteiger partial charge in [0.1, 0.15) is 0 Å². The number of amides is 2. The Hall–Kier alpha value is -1.59. The molecule has 1 aliphatic rings. The number of halogens is 1. The number of carbonyl (C=O) groups excluding carboxylic acids is 2. The van der Waals surface area contributed by atoms with Crippen LogP contribution in [-0.4, -0.2) is 30.9 Å². The molecule has 0 bridgehead atoms. The number of benzene rings is 1. The van der Waals surface area contributed by atoms with Gasteiger partial charge < -0.3 is 16.4 Å². The number of nitrogens with one attached hydrogen (secondary N) is 2. The third-order valence-corrected chi connectivity index (χ3v) is 3.04. The molecule has 0 spiro atoms. The fraction of sp³-hybridized carbons (Fsp3) is 0.385. The van der Waals surface area contributed by atoms with Crippen molar-refractivity contribution in [3.8, 4) is 0 Å². The second kappa shape index (κ2) is 7.11. The second-order valence-electron chi connectivity index (χ2n) is 4.46. The van der Waals surface area contributed by atoms with Crippen LogP contribution in [0.2, 0.25) is 0 Å². The molecule has 1 heterocycles. The van der Waals surface area contributed by atoms with E-state index in [4.69, 9.17) is 5.73 Å². The quantitative estimate of drug-likeness (QED) is 0.763. The Kier molecular flexibility index (Phi) is 5.79. The van der Waals surface area contributed by atoms with Gasteiger partial charge in [-0.15, -0.1) is 12.4 Å². The molecule has 5 nitrogen and oxygen atoms in total. The highest BCUT2D eigenvalue weighted by molar-refractivity contribution is 5.99. The van der Waals surface area contributed by atoms with Crippen molar-refractivity contribution in [3.63, 3.8) is 0 Å². The molecule has 2 rings (SSSR count). The van der Waals surface area contributed by atoms with E-state index in [0.29, 0.717) is 11.1 Å². The molecule has 0 unspecified atom stereocenters. The van der Waals surface area contributed by atoms with Crippen molar-refractivity contribution in [1.29, 1.82) is 0 Å². The Morgan fingerprint density at radius 3 is 2.68 bits per heavy atom. The molecule has 1 aromatic carbocycles. The standard InChI is InChI=1S/C13H17N3O2.ClH/c14-12(17)9-3-1-4-10(7-9)13(18)16-11-5-2-6-15-8-11;/h1,3-4,7,11,15H,2,5-6,8H2,(H2,14,17)(H,16,18);1H/t11-;/m0./s1. The Morgan fingerprint density at radius 2 is 2.05 bits per heavy atom. The van der Waals surface area contributed by atoms with E-state index in [0.717, 1.165) is 25.9 Å². The van der Waals surface area contributed by atoms with Crippen molar-refractivity contribution in [3.05, 3.63) is 35.4 Å². The summed E-state index contributed by atoms with van der Waals surface area (Å²) >= 11 is 0. The zero-order valence-electron chi connectivity index (χ0n) is 10.5. The molecule has 1 fully saturated rings. The number of carbonyl (C=O) groups is 2. The summed E-state index contributed by atoms with van der Waals surface area (Å²) in [5, 5.41) is 6.18. The maximum absolute atomic E-state index is 12.0. The first-order valence-electron chi connectivity index (χ1n) is 6.08. The van der Waals surface area contributed by atoms with Gasteiger partial charge in [-0.1, -0.05) is 6.07 Å². The van der Waals surface area contributed by atoms with Crippen LogP contribution < -0.4 is 16.4 Å². The topological polar surface area (TPSA) is 84.2 Å². The van der Waals surface area contributed by atoms with Crippen molar-refractivity contribution in [1.82, 2.24) is 10.6 Å². The predicted molar refractivity (Wildman–Crippen MR) is 75.6 cm³/mol. The first-order chi connectivity index (χ1) is 8.66. The molecule has 1 aliphatic heterocycles. The van der Waals surface area contributed by atoms with E-state index in [9.17, 15) is 9.59 Å². The second-order valence-corrected chi connectivity index (χ2v) is 4.46. The zero-order valence-corrected chi connectivity index (χ0v) is 11.3. The van der Waals surface area contributed by atoms with Crippen LogP contribution in [0.1, 0.15) is 33.6 Å². The van der Waals surface area contributed by atoms with Crippen molar-refractivity contribution < 1.29 is 9.59 Å². The summed E-state index contributed by atoms with van der Waals surface area (Å²) < 4.78 is 0. The molecule has 19 heavy (non-hydrogen) atoms. The third-order valence-electron chi connectivity index (χ3n) is 3.04. The Bertz CT molecular complexity index is 459. The van der Waals surface area contributed by atoms with Gasteiger partial charge in [-0.05, 0) is 37.6 Å². The number of hydrogen-bond acceptors (Lipinski definition) is 3. The largest absolute Gasteiger partial charge is 0.366 e. The number of piperidine rings is 1. The van der Waals surface area contributed by atoms with Gasteiger partial charge in [-0.25, -0.2) is 0 Å². The van der Waals surface area contributed by atoms with Crippen LogP contribution in [0.15, 0.2) is 24.3 Å². The van der Waals surface area contributed by atoms with Crippen molar-refractivity contribution in [2.24, 2.45) is 5.73 Å². The van der Waals surface area contributed by atoms with Gasteiger partial charge in [0.05, 0.1) is 0 Å². The third kappa shape index (κ3) is 4.22. The normalized spacial score (nSPS) is 18.2. The minimum atomic E-state index is -0.524. The SMILES string of the molecule is Cl.NC(=O)c1cccc(C(=O)N[C@H]2CCCNC2)c1. The molecule has 1 saturated heterocycles. The highest BCUT2D eigenvalue weighted by atomic mass is 35.5. The Balaban J connectivity index is 0.00000180. The molecular weight excluding hydrogens is 266 g/mol. The number of primary amides is 1. The molecular formula is C13H18ClN3O2. The maximum Gasteiger partial charge on any atom is 0.251 e. The fourth-order valence-electron chi connectivity index (χ4n) is 2.06. The van der Waals surface area contributed by atoms with Gasteiger partial charge in [-0.3, -0.25) is 9.59 Å². The van der Waals surface area contributed by atoms with E-state index in [1.54, 1.807) is 18.2 Å². The lowest BCUT2D eigenvalue weighted by Gasteiger charge is -2.23. The van der Waals surface area contributed by atoms with E-state index in [-0.39, 0.29) is 24.4 Å². The average Bonchev–Trinajstić information content (AvgIpc) is 2.40. The van der Waals surface area contributed by atoms with Gasteiger partial charge in [0.2, 0.25) is 5.91 Å². The molecule has 0 saturated carbocycles. The summed E-state index contributed by atoms with van der Waals surface area (Å²) in [6.07, 6.45) is 2.04. The summed E-state index contributed by atoms with van der Waals surface area (Å²) in [5.41, 5.74) is 6.01. The first kappa shape index (κ1) is 15.5. The maximum atomic E-state index is 12.0. The minimum absolute atomic E-state index is 0. The molecule has 0 aromatic heterocycles. The van der Waals surface area contributed by atoms with E-state index >= 15 is 0 Å². The van der Waals surface area contributed by atoms with Crippen LogP contribution in [-0.2, 0) is 0 Å². The van der Waals surface area contributed by atoms with Crippen molar-refractivity contribution >= 4 is 24.2 Å².